The van der Waals surface area contributed by atoms with Crippen molar-refractivity contribution in [1.29, 1.82) is 0 Å². The molecule has 5 heteroatoms. The number of nitrogens with zero attached hydrogens (tertiary/aromatic N) is 2. The molecule has 5 nitrogen and oxygen atoms in total. The van der Waals surface area contributed by atoms with Gasteiger partial charge in [-0.3, -0.25) is 9.48 Å². The van der Waals surface area contributed by atoms with Gasteiger partial charge in [-0.1, -0.05) is 13.8 Å². The van der Waals surface area contributed by atoms with Gasteiger partial charge < -0.3 is 10.4 Å². The Morgan fingerprint density at radius 3 is 2.88 bits per heavy atom. The number of carbonyl (C=O) groups is 1. The summed E-state index contributed by atoms with van der Waals surface area (Å²) in [6.07, 6.45) is 5.32. The molecular formula is C11H19N3O2. The lowest BCUT2D eigenvalue weighted by molar-refractivity contribution is -0.139. The van der Waals surface area contributed by atoms with Crippen LogP contribution in [-0.4, -0.2) is 27.4 Å². The maximum atomic E-state index is 11.1. The van der Waals surface area contributed by atoms with Crippen molar-refractivity contribution < 1.29 is 9.90 Å². The molecule has 0 radical (unpaired) electrons. The third-order valence-electron chi connectivity index (χ3n) is 2.28. The van der Waals surface area contributed by atoms with Crippen molar-refractivity contribution in [3.05, 3.63) is 18.0 Å². The van der Waals surface area contributed by atoms with Crippen LogP contribution >= 0.6 is 0 Å². The molecule has 0 saturated carbocycles. The lowest BCUT2D eigenvalue weighted by Crippen LogP contribution is -2.28. The van der Waals surface area contributed by atoms with E-state index >= 15 is 0 Å². The summed E-state index contributed by atoms with van der Waals surface area (Å²) in [6.45, 7) is 5.58. The molecule has 0 amide bonds. The Balaban J connectivity index is 2.71. The number of carboxylic acid groups (broad SMARTS) is 1. The van der Waals surface area contributed by atoms with Crippen LogP contribution in [0.5, 0.6) is 0 Å². The number of hydrogen-bond acceptors (Lipinski definition) is 3. The van der Waals surface area contributed by atoms with E-state index in [9.17, 15) is 4.79 Å². The Labute approximate surface area is 95.5 Å². The highest BCUT2D eigenvalue weighted by Gasteiger charge is 2.20. The SMILES string of the molecule is CCCNC(C(=O)O)c1cnn(CCC)c1. The normalized spacial score (nSPS) is 12.6. The molecule has 90 valence electrons. The summed E-state index contributed by atoms with van der Waals surface area (Å²) in [5, 5.41) is 16.2. The van der Waals surface area contributed by atoms with Gasteiger partial charge in [0, 0.05) is 18.3 Å². The van der Waals surface area contributed by atoms with Crippen molar-refractivity contribution in [2.24, 2.45) is 0 Å². The molecule has 0 saturated heterocycles. The summed E-state index contributed by atoms with van der Waals surface area (Å²) >= 11 is 0. The second-order valence-electron chi connectivity index (χ2n) is 3.76. The standard InChI is InChI=1S/C11H19N3O2/c1-3-5-12-10(11(15)16)9-7-13-14(8-9)6-4-2/h7-8,10,12H,3-6H2,1-2H3,(H,15,16). The van der Waals surface area contributed by atoms with Crippen LogP contribution in [0.15, 0.2) is 12.4 Å². The highest BCUT2D eigenvalue weighted by molar-refractivity contribution is 5.75. The number of rotatable bonds is 7. The zero-order valence-corrected chi connectivity index (χ0v) is 9.81. The molecule has 1 atom stereocenters. The first kappa shape index (κ1) is 12.7. The second kappa shape index (κ2) is 6.27. The van der Waals surface area contributed by atoms with Crippen LogP contribution in [0.2, 0.25) is 0 Å². The number of aliphatic carboxylic acids is 1. The molecule has 1 aromatic heterocycles. The molecule has 1 heterocycles. The highest BCUT2D eigenvalue weighted by Crippen LogP contribution is 2.12. The molecule has 2 N–H and O–H groups in total. The molecular weight excluding hydrogens is 206 g/mol. The maximum Gasteiger partial charge on any atom is 0.325 e. The van der Waals surface area contributed by atoms with E-state index in [2.05, 4.69) is 17.3 Å². The van der Waals surface area contributed by atoms with Crippen LogP contribution < -0.4 is 5.32 Å². The average Bonchev–Trinajstić information content (AvgIpc) is 2.67. The van der Waals surface area contributed by atoms with Crippen LogP contribution in [-0.2, 0) is 11.3 Å². The largest absolute Gasteiger partial charge is 0.480 e. The van der Waals surface area contributed by atoms with E-state index in [1.54, 1.807) is 17.1 Å². The number of aryl methyl sites for hydroxylation is 1. The fraction of sp³-hybridized carbons (Fsp3) is 0.636. The topological polar surface area (TPSA) is 67.2 Å². The lowest BCUT2D eigenvalue weighted by atomic mass is 10.1. The third kappa shape index (κ3) is 3.34. The first-order valence-electron chi connectivity index (χ1n) is 5.67. The molecule has 1 aromatic rings. The van der Waals surface area contributed by atoms with Crippen LogP contribution in [0.4, 0.5) is 0 Å². The summed E-state index contributed by atoms with van der Waals surface area (Å²) in [4.78, 5) is 11.1. The Morgan fingerprint density at radius 1 is 1.56 bits per heavy atom. The minimum absolute atomic E-state index is 0.648. The third-order valence-corrected chi connectivity index (χ3v) is 2.28. The molecule has 0 aliphatic heterocycles. The van der Waals surface area contributed by atoms with Gasteiger partial charge in [-0.25, -0.2) is 0 Å². The van der Waals surface area contributed by atoms with Crippen molar-refractivity contribution >= 4 is 5.97 Å². The van der Waals surface area contributed by atoms with Crippen LogP contribution in [0.25, 0.3) is 0 Å². The number of hydrogen-bond donors (Lipinski definition) is 2. The van der Waals surface area contributed by atoms with Crippen molar-refractivity contribution in [3.63, 3.8) is 0 Å². The predicted octanol–water partition coefficient (Wildman–Crippen LogP) is 1.42. The summed E-state index contributed by atoms with van der Waals surface area (Å²) < 4.78 is 1.78. The van der Waals surface area contributed by atoms with Crippen LogP contribution in [0.1, 0.15) is 38.3 Å². The van der Waals surface area contributed by atoms with Gasteiger partial charge in [0.15, 0.2) is 0 Å². The fourth-order valence-electron chi connectivity index (χ4n) is 1.52. The zero-order chi connectivity index (χ0) is 12.0. The molecule has 0 bridgehead atoms. The van der Waals surface area contributed by atoms with E-state index < -0.39 is 12.0 Å². The van der Waals surface area contributed by atoms with E-state index in [1.165, 1.54) is 0 Å². The second-order valence-corrected chi connectivity index (χ2v) is 3.76. The Bertz CT molecular complexity index is 336. The first-order valence-corrected chi connectivity index (χ1v) is 5.67. The first-order chi connectivity index (χ1) is 7.69. The van der Waals surface area contributed by atoms with Gasteiger partial charge in [0.1, 0.15) is 6.04 Å². The number of carboxylic acids is 1. The van der Waals surface area contributed by atoms with E-state index in [0.717, 1.165) is 24.9 Å². The van der Waals surface area contributed by atoms with Crippen molar-refractivity contribution in [2.75, 3.05) is 6.54 Å². The van der Waals surface area contributed by atoms with Crippen molar-refractivity contribution in [3.8, 4) is 0 Å². The predicted molar refractivity (Wildman–Crippen MR) is 61.2 cm³/mol. The van der Waals surface area contributed by atoms with Gasteiger partial charge in [-0.2, -0.15) is 5.10 Å². The minimum Gasteiger partial charge on any atom is -0.480 e. The van der Waals surface area contributed by atoms with Gasteiger partial charge in [0.05, 0.1) is 6.20 Å². The quantitative estimate of drug-likeness (QED) is 0.736. The van der Waals surface area contributed by atoms with E-state index in [1.807, 2.05) is 6.92 Å². The van der Waals surface area contributed by atoms with E-state index in [4.69, 9.17) is 5.11 Å². The molecule has 0 aliphatic rings. The zero-order valence-electron chi connectivity index (χ0n) is 9.81. The summed E-state index contributed by atoms with van der Waals surface area (Å²) in [5.41, 5.74) is 0.717. The molecule has 16 heavy (non-hydrogen) atoms. The molecule has 0 spiro atoms. The van der Waals surface area contributed by atoms with Crippen molar-refractivity contribution in [1.82, 2.24) is 15.1 Å². The van der Waals surface area contributed by atoms with Crippen LogP contribution in [0, 0.1) is 0 Å². The van der Waals surface area contributed by atoms with Crippen molar-refractivity contribution in [2.45, 2.75) is 39.3 Å². The fourth-order valence-corrected chi connectivity index (χ4v) is 1.52. The maximum absolute atomic E-state index is 11.1. The summed E-state index contributed by atoms with van der Waals surface area (Å²) in [6, 6.07) is -0.648. The lowest BCUT2D eigenvalue weighted by Gasteiger charge is -2.11. The average molecular weight is 225 g/mol. The van der Waals surface area contributed by atoms with E-state index in [-0.39, 0.29) is 0 Å². The minimum atomic E-state index is -0.857. The summed E-state index contributed by atoms with van der Waals surface area (Å²) in [5.74, 6) is -0.857. The monoisotopic (exact) mass is 225 g/mol. The smallest absolute Gasteiger partial charge is 0.325 e. The summed E-state index contributed by atoms with van der Waals surface area (Å²) in [7, 11) is 0. The van der Waals surface area contributed by atoms with Gasteiger partial charge >= 0.3 is 5.97 Å². The molecule has 0 fully saturated rings. The molecule has 1 unspecified atom stereocenters. The van der Waals surface area contributed by atoms with Gasteiger partial charge in [-0.05, 0) is 19.4 Å². The molecule has 0 aliphatic carbocycles. The van der Waals surface area contributed by atoms with Gasteiger partial charge in [-0.15, -0.1) is 0 Å². The van der Waals surface area contributed by atoms with E-state index in [0.29, 0.717) is 6.54 Å². The van der Waals surface area contributed by atoms with Gasteiger partial charge in [0.2, 0.25) is 0 Å². The number of aromatic nitrogens is 2. The van der Waals surface area contributed by atoms with Gasteiger partial charge in [0.25, 0.3) is 0 Å². The Morgan fingerprint density at radius 2 is 2.31 bits per heavy atom. The highest BCUT2D eigenvalue weighted by atomic mass is 16.4. The molecule has 0 aromatic carbocycles. The number of nitrogens with one attached hydrogen (secondary N) is 1. The Kier molecular flexibility index (Phi) is 4.98. The Hall–Kier alpha value is -1.36. The molecule has 1 rings (SSSR count). The van der Waals surface area contributed by atoms with Crippen LogP contribution in [0.3, 0.4) is 0 Å².